The van der Waals surface area contributed by atoms with Crippen molar-refractivity contribution in [3.05, 3.63) is 29.6 Å². The van der Waals surface area contributed by atoms with E-state index >= 15 is 0 Å². The molecular weight excluding hydrogens is 383 g/mol. The molecule has 29 heavy (non-hydrogen) atoms. The average Bonchev–Trinajstić information content (AvgIpc) is 2.74. The van der Waals surface area contributed by atoms with Crippen LogP contribution in [0.5, 0.6) is 0 Å². The van der Waals surface area contributed by atoms with Crippen LogP contribution < -0.4 is 5.32 Å². The molecule has 2 heterocycles. The molecule has 0 atom stereocenters. The first-order valence-electron chi connectivity index (χ1n) is 10.4. The van der Waals surface area contributed by atoms with Gasteiger partial charge < -0.3 is 15.0 Å². The van der Waals surface area contributed by atoms with E-state index in [1.807, 2.05) is 0 Å². The molecule has 162 valence electrons. The molecule has 3 rings (SSSR count). The Morgan fingerprint density at radius 2 is 1.86 bits per heavy atom. The van der Waals surface area contributed by atoms with Gasteiger partial charge in [-0.15, -0.1) is 0 Å². The summed E-state index contributed by atoms with van der Waals surface area (Å²) in [6.07, 6.45) is 1.06. The van der Waals surface area contributed by atoms with Crippen molar-refractivity contribution in [3.8, 4) is 0 Å². The predicted octanol–water partition coefficient (Wildman–Crippen LogP) is 3.60. The van der Waals surface area contributed by atoms with Gasteiger partial charge in [-0.25, -0.2) is 4.98 Å². The standard InChI is InChI=1S/C21H30F3N3O2/c1-29-17-7-5-16(6-8-17)20(28)25-11-14-27-12-9-15(10-13-27)18-3-2-4-19(26-18)21(22,23)24/h2-4,15-17H,5-14H2,1H3,(H,25,28)/t16-,17-. The van der Waals surface area contributed by atoms with Gasteiger partial charge in [0.2, 0.25) is 5.91 Å². The Kier molecular flexibility index (Phi) is 7.51. The van der Waals surface area contributed by atoms with Gasteiger partial charge in [-0.3, -0.25) is 4.79 Å². The van der Waals surface area contributed by atoms with Gasteiger partial charge in [0.15, 0.2) is 0 Å². The van der Waals surface area contributed by atoms with Crippen molar-refractivity contribution >= 4 is 5.91 Å². The molecule has 1 aromatic rings. The third kappa shape index (κ3) is 6.15. The molecule has 1 aromatic heterocycles. The first-order valence-corrected chi connectivity index (χ1v) is 10.4. The Balaban J connectivity index is 1.38. The van der Waals surface area contributed by atoms with Crippen LogP contribution in [0.4, 0.5) is 13.2 Å². The van der Waals surface area contributed by atoms with Crippen molar-refractivity contribution in [2.24, 2.45) is 5.92 Å². The first-order chi connectivity index (χ1) is 13.9. The second-order valence-electron chi connectivity index (χ2n) is 8.06. The first kappa shape index (κ1) is 22.0. The maximum absolute atomic E-state index is 12.9. The molecule has 0 bridgehead atoms. The van der Waals surface area contributed by atoms with Crippen LogP contribution in [-0.2, 0) is 15.7 Å². The molecule has 2 fully saturated rings. The molecule has 5 nitrogen and oxygen atoms in total. The molecule has 8 heteroatoms. The molecule has 0 radical (unpaired) electrons. The van der Waals surface area contributed by atoms with Crippen LogP contribution >= 0.6 is 0 Å². The fraction of sp³-hybridized carbons (Fsp3) is 0.714. The van der Waals surface area contributed by atoms with Crippen LogP contribution in [0.15, 0.2) is 18.2 Å². The van der Waals surface area contributed by atoms with Gasteiger partial charge in [-0.2, -0.15) is 13.2 Å². The minimum absolute atomic E-state index is 0.0547. The third-order valence-electron chi connectivity index (χ3n) is 6.17. The lowest BCUT2D eigenvalue weighted by molar-refractivity contribution is -0.141. The number of hydrogen-bond acceptors (Lipinski definition) is 4. The highest BCUT2D eigenvalue weighted by Gasteiger charge is 2.33. The fourth-order valence-corrected chi connectivity index (χ4v) is 4.33. The van der Waals surface area contributed by atoms with Crippen LogP contribution in [0, 0.1) is 5.92 Å². The van der Waals surface area contributed by atoms with Crippen molar-refractivity contribution in [2.45, 2.75) is 56.7 Å². The Hall–Kier alpha value is -1.67. The lowest BCUT2D eigenvalue weighted by atomic mass is 9.87. The topological polar surface area (TPSA) is 54.5 Å². The molecule has 0 aromatic carbocycles. The summed E-state index contributed by atoms with van der Waals surface area (Å²) >= 11 is 0. The summed E-state index contributed by atoms with van der Waals surface area (Å²) in [6.45, 7) is 2.98. The molecule has 0 unspecified atom stereocenters. The predicted molar refractivity (Wildman–Crippen MR) is 103 cm³/mol. The van der Waals surface area contributed by atoms with Gasteiger partial charge in [0.1, 0.15) is 5.69 Å². The number of pyridine rings is 1. The van der Waals surface area contributed by atoms with Crippen LogP contribution in [-0.4, -0.2) is 55.2 Å². The van der Waals surface area contributed by atoms with Crippen LogP contribution in [0.3, 0.4) is 0 Å². The van der Waals surface area contributed by atoms with Crippen molar-refractivity contribution < 1.29 is 22.7 Å². The SMILES string of the molecule is CO[C@H]1CC[C@H](C(=O)NCCN2CCC(c3cccc(C(F)(F)F)n3)CC2)CC1. The van der Waals surface area contributed by atoms with Gasteiger partial charge in [0.25, 0.3) is 0 Å². The van der Waals surface area contributed by atoms with Crippen molar-refractivity contribution in [1.29, 1.82) is 0 Å². The average molecular weight is 413 g/mol. The number of rotatable bonds is 6. The summed E-state index contributed by atoms with van der Waals surface area (Å²) in [4.78, 5) is 18.4. The number of piperidine rings is 1. The van der Waals surface area contributed by atoms with Crippen molar-refractivity contribution in [3.63, 3.8) is 0 Å². The van der Waals surface area contributed by atoms with E-state index in [1.165, 1.54) is 6.07 Å². The quantitative estimate of drug-likeness (QED) is 0.774. The van der Waals surface area contributed by atoms with Gasteiger partial charge in [-0.1, -0.05) is 6.07 Å². The number of alkyl halides is 3. The second-order valence-corrected chi connectivity index (χ2v) is 8.06. The largest absolute Gasteiger partial charge is 0.433 e. The number of halogens is 3. The number of nitrogens with zero attached hydrogens (tertiary/aromatic N) is 2. The molecule has 1 aliphatic carbocycles. The van der Waals surface area contributed by atoms with Crippen LogP contribution in [0.25, 0.3) is 0 Å². The highest BCUT2D eigenvalue weighted by molar-refractivity contribution is 5.78. The summed E-state index contributed by atoms with van der Waals surface area (Å²) in [5.41, 5.74) is -0.292. The Bertz CT molecular complexity index is 667. The van der Waals surface area contributed by atoms with Crippen molar-refractivity contribution in [1.82, 2.24) is 15.2 Å². The Morgan fingerprint density at radius 1 is 1.17 bits per heavy atom. The smallest absolute Gasteiger partial charge is 0.381 e. The lowest BCUT2D eigenvalue weighted by Gasteiger charge is -2.32. The van der Waals surface area contributed by atoms with Crippen LogP contribution in [0.1, 0.15) is 55.8 Å². The monoisotopic (exact) mass is 413 g/mol. The summed E-state index contributed by atoms with van der Waals surface area (Å²) < 4.78 is 43.9. The highest BCUT2D eigenvalue weighted by atomic mass is 19.4. The van der Waals surface area contributed by atoms with Gasteiger partial charge in [0.05, 0.1) is 6.10 Å². The summed E-state index contributed by atoms with van der Waals surface area (Å²) in [5.74, 6) is 0.265. The molecule has 1 amide bonds. The minimum atomic E-state index is -4.41. The van der Waals surface area contributed by atoms with E-state index in [2.05, 4.69) is 15.2 Å². The van der Waals surface area contributed by atoms with E-state index in [9.17, 15) is 18.0 Å². The molecular formula is C21H30F3N3O2. The maximum atomic E-state index is 12.9. The van der Waals surface area contributed by atoms with E-state index in [1.54, 1.807) is 13.2 Å². The zero-order chi connectivity index (χ0) is 20.9. The number of nitrogens with one attached hydrogen (secondary N) is 1. The lowest BCUT2D eigenvalue weighted by Crippen LogP contribution is -2.41. The van der Waals surface area contributed by atoms with E-state index in [4.69, 9.17) is 4.74 Å². The fourth-order valence-electron chi connectivity index (χ4n) is 4.33. The van der Waals surface area contributed by atoms with E-state index in [-0.39, 0.29) is 23.8 Å². The Labute approximate surface area is 170 Å². The van der Waals surface area contributed by atoms with Gasteiger partial charge in [0, 0.05) is 37.7 Å². The number of carbonyl (C=O) groups excluding carboxylic acids is 1. The maximum Gasteiger partial charge on any atom is 0.433 e. The van der Waals surface area contributed by atoms with Crippen molar-refractivity contribution in [2.75, 3.05) is 33.3 Å². The molecule has 1 N–H and O–H groups in total. The molecule has 1 aliphatic heterocycles. The van der Waals surface area contributed by atoms with Crippen LogP contribution in [0.2, 0.25) is 0 Å². The minimum Gasteiger partial charge on any atom is -0.381 e. The number of likely N-dealkylation sites (tertiary alicyclic amines) is 1. The number of ether oxygens (including phenoxy) is 1. The number of carbonyl (C=O) groups is 1. The number of aromatic nitrogens is 1. The Morgan fingerprint density at radius 3 is 2.48 bits per heavy atom. The second kappa shape index (κ2) is 9.89. The third-order valence-corrected chi connectivity index (χ3v) is 6.17. The summed E-state index contributed by atoms with van der Waals surface area (Å²) in [6, 6.07) is 4.14. The molecule has 2 aliphatic rings. The summed E-state index contributed by atoms with van der Waals surface area (Å²) in [7, 11) is 1.72. The number of hydrogen-bond donors (Lipinski definition) is 1. The zero-order valence-corrected chi connectivity index (χ0v) is 16.9. The van der Waals surface area contributed by atoms with Gasteiger partial charge in [-0.05, 0) is 63.7 Å². The zero-order valence-electron chi connectivity index (χ0n) is 16.9. The number of methoxy groups -OCH3 is 1. The van der Waals surface area contributed by atoms with E-state index < -0.39 is 11.9 Å². The molecule has 1 saturated heterocycles. The van der Waals surface area contributed by atoms with E-state index in [0.717, 1.165) is 64.2 Å². The molecule has 0 spiro atoms. The summed E-state index contributed by atoms with van der Waals surface area (Å²) in [5, 5.41) is 3.04. The normalized spacial score (nSPS) is 24.4. The van der Waals surface area contributed by atoms with E-state index in [0.29, 0.717) is 12.2 Å². The van der Waals surface area contributed by atoms with Gasteiger partial charge >= 0.3 is 6.18 Å². The highest BCUT2D eigenvalue weighted by Crippen LogP contribution is 2.31. The number of amides is 1. The molecule has 1 saturated carbocycles.